The van der Waals surface area contributed by atoms with Gasteiger partial charge in [0.15, 0.2) is 6.20 Å². The lowest BCUT2D eigenvalue weighted by Gasteiger charge is -2.32. The fourth-order valence-corrected chi connectivity index (χ4v) is 4.23. The van der Waals surface area contributed by atoms with Crippen molar-refractivity contribution in [3.05, 3.63) is 53.7 Å². The monoisotopic (exact) mass is 331 g/mol. The fraction of sp³-hybridized carbons (Fsp3) is 0.348. The third-order valence-corrected chi connectivity index (χ3v) is 5.27. The van der Waals surface area contributed by atoms with Gasteiger partial charge in [-0.3, -0.25) is 0 Å². The van der Waals surface area contributed by atoms with Crippen LogP contribution in [0.15, 0.2) is 42.6 Å². The zero-order valence-electron chi connectivity index (χ0n) is 16.1. The zero-order valence-corrected chi connectivity index (χ0v) is 16.1. The maximum absolute atomic E-state index is 2.39. The predicted molar refractivity (Wildman–Crippen MR) is 107 cm³/mol. The van der Waals surface area contributed by atoms with Crippen molar-refractivity contribution in [2.75, 3.05) is 11.9 Å². The second kappa shape index (κ2) is 5.32. The number of pyridine rings is 1. The van der Waals surface area contributed by atoms with Crippen LogP contribution in [0.4, 0.5) is 11.4 Å². The molecule has 1 aliphatic heterocycles. The number of hydrogen-bond donors (Lipinski definition) is 0. The van der Waals surface area contributed by atoms with Crippen LogP contribution in [0, 0.1) is 12.3 Å². The van der Waals surface area contributed by atoms with E-state index in [-0.39, 0.29) is 5.41 Å². The molecule has 2 nitrogen and oxygen atoms in total. The predicted octanol–water partition coefficient (Wildman–Crippen LogP) is 5.31. The molecular formula is C23H27N2+. The molecule has 0 radical (unpaired) electrons. The maximum Gasteiger partial charge on any atom is 0.237 e. The molecule has 2 heterocycles. The summed E-state index contributed by atoms with van der Waals surface area (Å²) in [7, 11) is 4.38. The van der Waals surface area contributed by atoms with Crippen LogP contribution in [0.1, 0.15) is 31.9 Å². The van der Waals surface area contributed by atoms with E-state index in [0.717, 1.165) is 6.42 Å². The number of aryl methyl sites for hydroxylation is 2. The Balaban J connectivity index is 2.13. The van der Waals surface area contributed by atoms with Crippen molar-refractivity contribution in [1.82, 2.24) is 0 Å². The van der Waals surface area contributed by atoms with Crippen molar-refractivity contribution in [2.45, 2.75) is 34.1 Å². The summed E-state index contributed by atoms with van der Waals surface area (Å²) in [5.41, 5.74) is 8.42. The van der Waals surface area contributed by atoms with Gasteiger partial charge < -0.3 is 4.90 Å². The number of rotatable bonds is 1. The number of benzene rings is 2. The van der Waals surface area contributed by atoms with Gasteiger partial charge in [0.2, 0.25) is 5.69 Å². The van der Waals surface area contributed by atoms with E-state index in [0.29, 0.717) is 0 Å². The highest BCUT2D eigenvalue weighted by molar-refractivity contribution is 6.11. The van der Waals surface area contributed by atoms with Gasteiger partial charge in [-0.05, 0) is 41.3 Å². The average molecular weight is 331 g/mol. The largest absolute Gasteiger partial charge is 0.338 e. The average Bonchev–Trinajstić information content (AvgIpc) is 2.54. The summed E-state index contributed by atoms with van der Waals surface area (Å²) >= 11 is 0. The van der Waals surface area contributed by atoms with Crippen LogP contribution in [-0.2, 0) is 13.5 Å². The van der Waals surface area contributed by atoms with Crippen LogP contribution < -0.4 is 9.47 Å². The van der Waals surface area contributed by atoms with Crippen molar-refractivity contribution in [2.24, 2.45) is 12.5 Å². The molecule has 0 unspecified atom stereocenters. The highest BCUT2D eigenvalue weighted by Crippen LogP contribution is 2.48. The SMILES string of the molecule is Cc1ccc2cccc3c2c1-c1c(c(CC(C)(C)C)cc[n+]1C)N3C. The quantitative estimate of drug-likeness (QED) is 0.548. The van der Waals surface area contributed by atoms with E-state index in [1.807, 2.05) is 0 Å². The molecule has 0 saturated heterocycles. The van der Waals surface area contributed by atoms with Gasteiger partial charge in [0, 0.05) is 24.2 Å². The molecule has 0 atom stereocenters. The maximum atomic E-state index is 2.39. The molecule has 0 aliphatic carbocycles. The van der Waals surface area contributed by atoms with Crippen molar-refractivity contribution in [3.8, 4) is 11.3 Å². The molecular weight excluding hydrogens is 304 g/mol. The van der Waals surface area contributed by atoms with E-state index >= 15 is 0 Å². The van der Waals surface area contributed by atoms with Gasteiger partial charge in [0.05, 0.1) is 5.56 Å². The minimum atomic E-state index is 0.257. The Morgan fingerprint density at radius 2 is 1.80 bits per heavy atom. The first-order valence-corrected chi connectivity index (χ1v) is 9.06. The third kappa shape index (κ3) is 2.43. The Morgan fingerprint density at radius 3 is 2.52 bits per heavy atom. The standard InChI is InChI=1S/C23H27N2/c1-15-10-11-16-8-7-9-18-20(16)19(15)22-21(25(18)6)17(12-13-24(22)5)14-23(2,3)4/h7-13H,14H2,1-6H3/q+1. The first kappa shape index (κ1) is 16.1. The van der Waals surface area contributed by atoms with Crippen LogP contribution in [0.25, 0.3) is 22.0 Å². The van der Waals surface area contributed by atoms with Gasteiger partial charge >= 0.3 is 0 Å². The Labute approximate surface area is 150 Å². The summed E-state index contributed by atoms with van der Waals surface area (Å²) in [6.45, 7) is 9.18. The summed E-state index contributed by atoms with van der Waals surface area (Å²) in [4.78, 5) is 2.39. The number of anilines is 2. The first-order valence-electron chi connectivity index (χ1n) is 9.06. The van der Waals surface area contributed by atoms with Crippen molar-refractivity contribution >= 4 is 22.1 Å². The van der Waals surface area contributed by atoms with E-state index in [4.69, 9.17) is 0 Å². The third-order valence-electron chi connectivity index (χ3n) is 5.27. The lowest BCUT2D eigenvalue weighted by atomic mass is 9.84. The Hall–Kier alpha value is -2.35. The number of nitrogens with zero attached hydrogens (tertiary/aromatic N) is 2. The van der Waals surface area contributed by atoms with Crippen LogP contribution in [-0.4, -0.2) is 7.05 Å². The molecule has 0 amide bonds. The van der Waals surface area contributed by atoms with E-state index < -0.39 is 0 Å². The van der Waals surface area contributed by atoms with Crippen LogP contribution in [0.3, 0.4) is 0 Å². The Kier molecular flexibility index (Phi) is 3.44. The Morgan fingerprint density at radius 1 is 1.04 bits per heavy atom. The van der Waals surface area contributed by atoms with Crippen LogP contribution in [0.2, 0.25) is 0 Å². The lowest BCUT2D eigenvalue weighted by Crippen LogP contribution is -2.35. The van der Waals surface area contributed by atoms with E-state index in [9.17, 15) is 0 Å². The second-order valence-corrected chi connectivity index (χ2v) is 8.58. The minimum absolute atomic E-state index is 0.257. The zero-order chi connectivity index (χ0) is 17.9. The molecule has 2 aromatic carbocycles. The smallest absolute Gasteiger partial charge is 0.237 e. The van der Waals surface area contributed by atoms with Gasteiger partial charge in [-0.25, -0.2) is 0 Å². The molecule has 0 N–H and O–H groups in total. The van der Waals surface area contributed by atoms with Crippen molar-refractivity contribution in [1.29, 1.82) is 0 Å². The lowest BCUT2D eigenvalue weighted by molar-refractivity contribution is -0.659. The van der Waals surface area contributed by atoms with Gasteiger partial charge in [-0.15, -0.1) is 0 Å². The summed E-state index contributed by atoms with van der Waals surface area (Å²) in [6, 6.07) is 13.4. The molecule has 1 aromatic heterocycles. The van der Waals surface area contributed by atoms with Gasteiger partial charge in [-0.2, -0.15) is 4.57 Å². The van der Waals surface area contributed by atoms with Gasteiger partial charge in [0.25, 0.3) is 0 Å². The molecule has 4 rings (SSSR count). The molecule has 2 heteroatoms. The molecule has 0 bridgehead atoms. The molecule has 128 valence electrons. The van der Waals surface area contributed by atoms with E-state index in [2.05, 4.69) is 93.9 Å². The summed E-state index contributed by atoms with van der Waals surface area (Å²) in [6.07, 6.45) is 3.29. The summed E-state index contributed by atoms with van der Waals surface area (Å²) < 4.78 is 2.29. The van der Waals surface area contributed by atoms with Crippen molar-refractivity contribution < 1.29 is 4.57 Å². The fourth-order valence-electron chi connectivity index (χ4n) is 4.23. The van der Waals surface area contributed by atoms with E-state index in [1.165, 1.54) is 44.5 Å². The second-order valence-electron chi connectivity index (χ2n) is 8.58. The molecule has 0 saturated carbocycles. The van der Waals surface area contributed by atoms with Gasteiger partial charge in [-0.1, -0.05) is 45.0 Å². The topological polar surface area (TPSA) is 7.12 Å². The highest BCUT2D eigenvalue weighted by Gasteiger charge is 2.33. The molecule has 25 heavy (non-hydrogen) atoms. The molecule has 0 spiro atoms. The van der Waals surface area contributed by atoms with Crippen molar-refractivity contribution in [3.63, 3.8) is 0 Å². The Bertz CT molecular complexity index is 993. The van der Waals surface area contributed by atoms with Crippen LogP contribution in [0.5, 0.6) is 0 Å². The summed E-state index contributed by atoms with van der Waals surface area (Å²) in [5, 5.41) is 2.69. The minimum Gasteiger partial charge on any atom is -0.338 e. The van der Waals surface area contributed by atoms with Gasteiger partial charge in [0.1, 0.15) is 12.7 Å². The number of aromatic nitrogens is 1. The summed E-state index contributed by atoms with van der Waals surface area (Å²) in [5.74, 6) is 0. The van der Waals surface area contributed by atoms with E-state index in [1.54, 1.807) is 0 Å². The molecule has 0 fully saturated rings. The highest BCUT2D eigenvalue weighted by atomic mass is 15.1. The number of hydrogen-bond acceptors (Lipinski definition) is 1. The molecule has 3 aromatic rings. The number of fused-ring (bicyclic) bond motifs is 2. The first-order chi connectivity index (χ1) is 11.8. The van der Waals surface area contributed by atoms with Crippen LogP contribution >= 0.6 is 0 Å². The molecule has 1 aliphatic rings. The normalized spacial score (nSPS) is 13.3.